The maximum absolute atomic E-state index is 11.8. The molecule has 2 N–H and O–H groups in total. The Morgan fingerprint density at radius 2 is 1.95 bits per heavy atom. The molecule has 0 saturated carbocycles. The average Bonchev–Trinajstić information content (AvgIpc) is 2.36. The Morgan fingerprint density at radius 1 is 1.32 bits per heavy atom. The maximum atomic E-state index is 11.8. The van der Waals surface area contributed by atoms with Crippen LogP contribution in [-0.2, 0) is 16.0 Å². The third-order valence-electron chi connectivity index (χ3n) is 3.23. The molecule has 1 aromatic carbocycles. The Labute approximate surface area is 131 Å². The van der Waals surface area contributed by atoms with Gasteiger partial charge in [-0.25, -0.2) is 4.79 Å². The summed E-state index contributed by atoms with van der Waals surface area (Å²) in [5.74, 6) is -1.18. The van der Waals surface area contributed by atoms with Crippen molar-refractivity contribution in [1.82, 2.24) is 0 Å². The fraction of sp³-hybridized carbons (Fsp3) is 0.529. The molecule has 0 fully saturated rings. The number of benzene rings is 1. The van der Waals surface area contributed by atoms with Crippen molar-refractivity contribution in [3.8, 4) is 0 Å². The van der Waals surface area contributed by atoms with Crippen LogP contribution < -0.4 is 5.32 Å². The van der Waals surface area contributed by atoms with Crippen LogP contribution in [0.3, 0.4) is 0 Å². The predicted molar refractivity (Wildman–Crippen MR) is 86.2 cm³/mol. The fourth-order valence-corrected chi connectivity index (χ4v) is 1.88. The predicted octanol–water partition coefficient (Wildman–Crippen LogP) is 4.00. The summed E-state index contributed by atoms with van der Waals surface area (Å²) in [6.45, 7) is 9.02. The van der Waals surface area contributed by atoms with Gasteiger partial charge in [-0.15, -0.1) is 0 Å². The lowest BCUT2D eigenvalue weighted by Gasteiger charge is -2.20. The molecule has 0 saturated heterocycles. The number of carboxylic acid groups (broad SMARTS) is 1. The number of rotatable bonds is 5. The molecule has 0 aromatic heterocycles. The largest absolute Gasteiger partial charge is 0.481 e. The SMILES string of the molecule is Cc1ccc(CCC(C)C(=O)O)cc1NC(=O)OC(C)(C)C. The van der Waals surface area contributed by atoms with Crippen molar-refractivity contribution < 1.29 is 19.4 Å². The summed E-state index contributed by atoms with van der Waals surface area (Å²) in [7, 11) is 0. The van der Waals surface area contributed by atoms with E-state index in [-0.39, 0.29) is 5.92 Å². The van der Waals surface area contributed by atoms with E-state index in [0.29, 0.717) is 18.5 Å². The molecule has 0 heterocycles. The Balaban J connectivity index is 2.73. The molecule has 0 spiro atoms. The van der Waals surface area contributed by atoms with Crippen LogP contribution in [0.25, 0.3) is 0 Å². The lowest BCUT2D eigenvalue weighted by Crippen LogP contribution is -2.27. The van der Waals surface area contributed by atoms with Crippen LogP contribution in [0.15, 0.2) is 18.2 Å². The van der Waals surface area contributed by atoms with Gasteiger partial charge in [0.2, 0.25) is 0 Å². The van der Waals surface area contributed by atoms with Crippen LogP contribution in [0.2, 0.25) is 0 Å². The van der Waals surface area contributed by atoms with Gasteiger partial charge in [-0.2, -0.15) is 0 Å². The van der Waals surface area contributed by atoms with E-state index in [9.17, 15) is 9.59 Å². The number of nitrogens with one attached hydrogen (secondary N) is 1. The smallest absolute Gasteiger partial charge is 0.412 e. The van der Waals surface area contributed by atoms with Crippen molar-refractivity contribution in [3.05, 3.63) is 29.3 Å². The zero-order valence-corrected chi connectivity index (χ0v) is 13.9. The minimum atomic E-state index is -0.792. The molecule has 0 bridgehead atoms. The highest BCUT2D eigenvalue weighted by Crippen LogP contribution is 2.20. The van der Waals surface area contributed by atoms with Crippen molar-refractivity contribution in [2.75, 3.05) is 5.32 Å². The van der Waals surface area contributed by atoms with Crippen LogP contribution in [0, 0.1) is 12.8 Å². The van der Waals surface area contributed by atoms with Gasteiger partial charge >= 0.3 is 12.1 Å². The van der Waals surface area contributed by atoms with Gasteiger partial charge in [-0.3, -0.25) is 10.1 Å². The summed E-state index contributed by atoms with van der Waals surface area (Å²) < 4.78 is 5.24. The zero-order chi connectivity index (χ0) is 16.9. The van der Waals surface area contributed by atoms with E-state index >= 15 is 0 Å². The van der Waals surface area contributed by atoms with E-state index in [1.54, 1.807) is 6.92 Å². The van der Waals surface area contributed by atoms with Crippen molar-refractivity contribution in [2.45, 2.75) is 53.1 Å². The number of carbonyl (C=O) groups is 2. The van der Waals surface area contributed by atoms with Gasteiger partial charge in [0.15, 0.2) is 0 Å². The summed E-state index contributed by atoms with van der Waals surface area (Å²) in [5, 5.41) is 11.7. The van der Waals surface area contributed by atoms with Crippen molar-refractivity contribution >= 4 is 17.7 Å². The first-order valence-corrected chi connectivity index (χ1v) is 7.41. The van der Waals surface area contributed by atoms with E-state index in [1.807, 2.05) is 45.9 Å². The quantitative estimate of drug-likeness (QED) is 0.862. The normalized spacial score (nSPS) is 12.6. The molecule has 5 heteroatoms. The first kappa shape index (κ1) is 18.0. The van der Waals surface area contributed by atoms with Gasteiger partial charge in [0.25, 0.3) is 0 Å². The molecule has 0 radical (unpaired) electrons. The Kier molecular flexibility index (Phi) is 5.97. The molecule has 0 aliphatic carbocycles. The van der Waals surface area contributed by atoms with Gasteiger partial charge in [-0.05, 0) is 57.7 Å². The van der Waals surface area contributed by atoms with Gasteiger partial charge in [0, 0.05) is 5.69 Å². The second kappa shape index (κ2) is 7.29. The number of aryl methyl sites for hydroxylation is 2. The standard InChI is InChI=1S/C17H25NO4/c1-11-6-8-13(9-7-12(2)15(19)20)10-14(11)18-16(21)22-17(3,4)5/h6,8,10,12H,7,9H2,1-5H3,(H,18,21)(H,19,20). The molecular weight excluding hydrogens is 282 g/mol. The summed E-state index contributed by atoms with van der Waals surface area (Å²) in [5.41, 5.74) is 2.06. The number of hydrogen-bond acceptors (Lipinski definition) is 3. The van der Waals surface area contributed by atoms with E-state index in [0.717, 1.165) is 11.1 Å². The van der Waals surface area contributed by atoms with Crippen molar-refractivity contribution in [3.63, 3.8) is 0 Å². The fourth-order valence-electron chi connectivity index (χ4n) is 1.88. The Bertz CT molecular complexity index is 546. The maximum Gasteiger partial charge on any atom is 0.412 e. The molecule has 0 aliphatic rings. The number of ether oxygens (including phenoxy) is 1. The van der Waals surface area contributed by atoms with Crippen LogP contribution >= 0.6 is 0 Å². The number of hydrogen-bond donors (Lipinski definition) is 2. The number of anilines is 1. The molecule has 1 unspecified atom stereocenters. The molecule has 5 nitrogen and oxygen atoms in total. The minimum absolute atomic E-state index is 0.386. The van der Waals surface area contributed by atoms with Gasteiger partial charge < -0.3 is 9.84 Å². The van der Waals surface area contributed by atoms with Crippen LogP contribution in [-0.4, -0.2) is 22.8 Å². The zero-order valence-electron chi connectivity index (χ0n) is 13.9. The lowest BCUT2D eigenvalue weighted by atomic mass is 10.00. The summed E-state index contributed by atoms with van der Waals surface area (Å²) >= 11 is 0. The first-order chi connectivity index (χ1) is 10.1. The minimum Gasteiger partial charge on any atom is -0.481 e. The number of carbonyl (C=O) groups excluding carboxylic acids is 1. The highest BCUT2D eigenvalue weighted by Gasteiger charge is 2.17. The van der Waals surface area contributed by atoms with E-state index in [2.05, 4.69) is 5.32 Å². The van der Waals surface area contributed by atoms with Crippen molar-refractivity contribution in [2.24, 2.45) is 5.92 Å². The summed E-state index contributed by atoms with van der Waals surface area (Å²) in [4.78, 5) is 22.7. The lowest BCUT2D eigenvalue weighted by molar-refractivity contribution is -0.141. The molecule has 1 rings (SSSR count). The molecule has 1 aromatic rings. The number of carboxylic acids is 1. The molecule has 22 heavy (non-hydrogen) atoms. The molecule has 0 aliphatic heterocycles. The first-order valence-electron chi connectivity index (χ1n) is 7.41. The third-order valence-corrected chi connectivity index (χ3v) is 3.23. The molecule has 1 amide bonds. The van der Waals surface area contributed by atoms with Gasteiger partial charge in [0.1, 0.15) is 5.60 Å². The second-order valence-corrected chi connectivity index (χ2v) is 6.55. The van der Waals surface area contributed by atoms with Crippen LogP contribution in [0.1, 0.15) is 45.2 Å². The van der Waals surface area contributed by atoms with Crippen molar-refractivity contribution in [1.29, 1.82) is 0 Å². The topological polar surface area (TPSA) is 75.6 Å². The Morgan fingerprint density at radius 3 is 2.50 bits per heavy atom. The number of aliphatic carboxylic acids is 1. The highest BCUT2D eigenvalue weighted by molar-refractivity contribution is 5.86. The monoisotopic (exact) mass is 307 g/mol. The molecule has 122 valence electrons. The molecular formula is C17H25NO4. The summed E-state index contributed by atoms with van der Waals surface area (Å²) in [6, 6.07) is 5.73. The average molecular weight is 307 g/mol. The van der Waals surface area contributed by atoms with Gasteiger partial charge in [0.05, 0.1) is 5.92 Å². The van der Waals surface area contributed by atoms with Crippen LogP contribution in [0.5, 0.6) is 0 Å². The van der Waals surface area contributed by atoms with E-state index < -0.39 is 17.7 Å². The van der Waals surface area contributed by atoms with Crippen LogP contribution in [0.4, 0.5) is 10.5 Å². The highest BCUT2D eigenvalue weighted by atomic mass is 16.6. The Hall–Kier alpha value is -2.04. The van der Waals surface area contributed by atoms with E-state index in [1.165, 1.54) is 0 Å². The second-order valence-electron chi connectivity index (χ2n) is 6.55. The van der Waals surface area contributed by atoms with Gasteiger partial charge in [-0.1, -0.05) is 19.1 Å². The third kappa shape index (κ3) is 6.16. The number of amides is 1. The molecule has 1 atom stereocenters. The van der Waals surface area contributed by atoms with E-state index in [4.69, 9.17) is 9.84 Å². The summed E-state index contributed by atoms with van der Waals surface area (Å²) in [6.07, 6.45) is 0.716.